The van der Waals surface area contributed by atoms with E-state index in [1.807, 2.05) is 0 Å². The van der Waals surface area contributed by atoms with E-state index in [9.17, 15) is 8.42 Å². The molecule has 0 saturated heterocycles. The first kappa shape index (κ1) is 20.0. The van der Waals surface area contributed by atoms with E-state index in [1.54, 1.807) is 0 Å². The van der Waals surface area contributed by atoms with Gasteiger partial charge in [0.2, 0.25) is 0 Å². The molecule has 0 radical (unpaired) electrons. The van der Waals surface area contributed by atoms with Crippen molar-refractivity contribution >= 4 is 39.7 Å². The van der Waals surface area contributed by atoms with Gasteiger partial charge in [-0.3, -0.25) is 4.55 Å². The van der Waals surface area contributed by atoms with Crippen LogP contribution in [0.2, 0.25) is 0 Å². The van der Waals surface area contributed by atoms with Crippen molar-refractivity contribution in [3.8, 4) is 0 Å². The molecule has 0 aromatic rings. The van der Waals surface area contributed by atoms with Crippen LogP contribution in [0.3, 0.4) is 0 Å². The Balaban J connectivity index is 0. The van der Waals surface area contributed by atoms with Gasteiger partial charge in [-0.25, -0.2) is 0 Å². The first-order valence-electron chi connectivity index (χ1n) is 6.20. The van der Waals surface area contributed by atoms with Gasteiger partial charge in [-0.2, -0.15) is 8.42 Å². The molecule has 0 aliphatic carbocycles. The summed E-state index contributed by atoms with van der Waals surface area (Å²) in [6, 6.07) is 0. The molecule has 0 atom stereocenters. The third kappa shape index (κ3) is 19.2. The third-order valence-corrected chi connectivity index (χ3v) is 3.03. The molecule has 0 aliphatic heterocycles. The zero-order chi connectivity index (χ0) is 12.3. The molecule has 1 N–H and O–H groups in total. The molecule has 0 heterocycles. The van der Waals surface area contributed by atoms with Crippen LogP contribution in [0, 0.1) is 0 Å². The Kier molecular flexibility index (Phi) is 15.4. The quantitative estimate of drug-likeness (QED) is 0.377. The predicted octanol–water partition coefficient (Wildman–Crippen LogP) is 3.27. The zero-order valence-corrected chi connectivity index (χ0v) is 11.0. The van der Waals surface area contributed by atoms with Gasteiger partial charge in [0.1, 0.15) is 0 Å². The van der Waals surface area contributed by atoms with Crippen LogP contribution in [0.1, 0.15) is 64.7 Å². The molecule has 0 unspecified atom stereocenters. The van der Waals surface area contributed by atoms with E-state index in [1.165, 1.54) is 44.6 Å². The maximum atomic E-state index is 10.3. The maximum absolute atomic E-state index is 10.3. The molecular weight excluding hydrogens is 247 g/mol. The fourth-order valence-corrected chi connectivity index (χ4v) is 1.96. The average Bonchev–Trinajstić information content (AvgIpc) is 2.19. The number of allylic oxidation sites excluding steroid dienone is 1. The molecule has 5 heteroatoms. The van der Waals surface area contributed by atoms with Gasteiger partial charge in [0.05, 0.1) is 5.41 Å². The summed E-state index contributed by atoms with van der Waals surface area (Å²) in [6.07, 6.45) is 12.2. The minimum absolute atomic E-state index is 0. The number of hydrogen-bond acceptors (Lipinski definition) is 2. The van der Waals surface area contributed by atoms with Gasteiger partial charge in [-0.15, -0.1) is 0 Å². The van der Waals surface area contributed by atoms with Crippen LogP contribution in [-0.2, 0) is 10.1 Å². The number of rotatable bonds is 10. The van der Waals surface area contributed by atoms with E-state index in [2.05, 4.69) is 6.92 Å². The van der Waals surface area contributed by atoms with Gasteiger partial charge in [0.25, 0.3) is 10.1 Å². The molecule has 98 valence electrons. The molecular formula is C12H25NaO3S. The van der Waals surface area contributed by atoms with E-state index in [0.717, 1.165) is 24.7 Å². The Morgan fingerprint density at radius 2 is 1.41 bits per heavy atom. The van der Waals surface area contributed by atoms with Crippen molar-refractivity contribution in [2.75, 3.05) is 0 Å². The van der Waals surface area contributed by atoms with Crippen molar-refractivity contribution in [3.05, 3.63) is 11.5 Å². The van der Waals surface area contributed by atoms with Crippen LogP contribution < -0.4 is 0 Å². The molecule has 0 fully saturated rings. The second kappa shape index (κ2) is 13.1. The molecule has 0 spiro atoms. The topological polar surface area (TPSA) is 54.4 Å². The van der Waals surface area contributed by atoms with Crippen LogP contribution >= 0.6 is 0 Å². The van der Waals surface area contributed by atoms with E-state index >= 15 is 0 Å². The van der Waals surface area contributed by atoms with Crippen molar-refractivity contribution in [2.24, 2.45) is 0 Å². The van der Waals surface area contributed by atoms with E-state index in [-0.39, 0.29) is 29.6 Å². The molecule has 0 bridgehead atoms. The van der Waals surface area contributed by atoms with Crippen molar-refractivity contribution in [1.29, 1.82) is 0 Å². The Morgan fingerprint density at radius 1 is 0.941 bits per heavy atom. The van der Waals surface area contributed by atoms with Crippen molar-refractivity contribution < 1.29 is 13.0 Å². The fraction of sp³-hybridized carbons (Fsp3) is 0.833. The Labute approximate surface area is 128 Å². The zero-order valence-electron chi connectivity index (χ0n) is 10.2. The van der Waals surface area contributed by atoms with Crippen LogP contribution in [0.15, 0.2) is 11.5 Å². The van der Waals surface area contributed by atoms with E-state index in [4.69, 9.17) is 4.55 Å². The van der Waals surface area contributed by atoms with Crippen LogP contribution in [-0.4, -0.2) is 42.5 Å². The Hall–Kier alpha value is 0.650. The van der Waals surface area contributed by atoms with E-state index in [0.29, 0.717) is 0 Å². The molecule has 0 aliphatic rings. The summed E-state index contributed by atoms with van der Waals surface area (Å²) in [5, 5.41) is 0.869. The van der Waals surface area contributed by atoms with Gasteiger partial charge in [-0.05, 0) is 12.8 Å². The van der Waals surface area contributed by atoms with Crippen LogP contribution in [0.5, 0.6) is 0 Å². The van der Waals surface area contributed by atoms with Gasteiger partial charge < -0.3 is 0 Å². The van der Waals surface area contributed by atoms with E-state index < -0.39 is 10.1 Å². The molecule has 3 nitrogen and oxygen atoms in total. The molecule has 0 aromatic heterocycles. The normalized spacial score (nSPS) is 11.6. The summed E-state index contributed by atoms with van der Waals surface area (Å²) in [5.74, 6) is 0. The van der Waals surface area contributed by atoms with Crippen LogP contribution in [0.4, 0.5) is 0 Å². The van der Waals surface area contributed by atoms with Crippen molar-refractivity contribution in [2.45, 2.75) is 64.7 Å². The molecule has 0 aromatic carbocycles. The summed E-state index contributed by atoms with van der Waals surface area (Å²) < 4.78 is 29.1. The number of hydrogen-bond donors (Lipinski definition) is 1. The number of unbranched alkanes of at least 4 members (excludes halogenated alkanes) is 8. The summed E-state index contributed by atoms with van der Waals surface area (Å²) in [4.78, 5) is 0. The second-order valence-electron chi connectivity index (χ2n) is 4.15. The monoisotopic (exact) mass is 272 g/mol. The first-order valence-corrected chi connectivity index (χ1v) is 7.70. The first-order chi connectivity index (χ1) is 7.56. The Bertz CT molecular complexity index is 273. The standard InChI is InChI=1S/C12H24O3S.Na.H/c1-2-3-4-5-6-7-8-9-10-11-12-16(13,14)15;;/h11-12H,2-10H2,1H3,(H,13,14,15);;/b12-11+;;. The van der Waals surface area contributed by atoms with Crippen molar-refractivity contribution in [3.63, 3.8) is 0 Å². The van der Waals surface area contributed by atoms with Crippen LogP contribution in [0.25, 0.3) is 0 Å². The summed E-state index contributed by atoms with van der Waals surface area (Å²) in [5.41, 5.74) is 0. The summed E-state index contributed by atoms with van der Waals surface area (Å²) >= 11 is 0. The third-order valence-electron chi connectivity index (χ3n) is 2.49. The Morgan fingerprint density at radius 3 is 1.88 bits per heavy atom. The second-order valence-corrected chi connectivity index (χ2v) is 5.45. The molecule has 0 rings (SSSR count). The predicted molar refractivity (Wildman–Crippen MR) is 75.1 cm³/mol. The van der Waals surface area contributed by atoms with Gasteiger partial charge in [0.15, 0.2) is 0 Å². The van der Waals surface area contributed by atoms with Gasteiger partial charge in [0, 0.05) is 0 Å². The molecule has 0 saturated carbocycles. The van der Waals surface area contributed by atoms with Gasteiger partial charge >= 0.3 is 29.6 Å². The summed E-state index contributed by atoms with van der Waals surface area (Å²) in [6.45, 7) is 2.21. The molecule has 17 heavy (non-hydrogen) atoms. The molecule has 0 amide bonds. The van der Waals surface area contributed by atoms with Gasteiger partial charge in [-0.1, -0.05) is 57.9 Å². The summed E-state index contributed by atoms with van der Waals surface area (Å²) in [7, 11) is -3.91. The SMILES string of the molecule is CCCCCCCCCC/C=C/S(=O)(=O)O.[NaH]. The minimum atomic E-state index is -3.91. The fourth-order valence-electron chi connectivity index (χ4n) is 1.59. The average molecular weight is 272 g/mol. The van der Waals surface area contributed by atoms with Crippen molar-refractivity contribution in [1.82, 2.24) is 0 Å².